The molecule has 6 heteroatoms. The molecule has 1 aromatic heterocycles. The molecule has 204 valence electrons. The maximum atomic E-state index is 13.9. The fraction of sp³-hybridized carbons (Fsp3) is 0.677. The highest BCUT2D eigenvalue weighted by atomic mass is 16.6. The maximum Gasteiger partial charge on any atom is 0.409 e. The number of para-hydroxylation sites is 1. The van der Waals surface area contributed by atoms with Gasteiger partial charge in [-0.05, 0) is 73.8 Å². The zero-order valence-corrected chi connectivity index (χ0v) is 24.0. The third kappa shape index (κ3) is 6.32. The smallest absolute Gasteiger partial charge is 0.409 e. The Labute approximate surface area is 223 Å². The van der Waals surface area contributed by atoms with Crippen molar-refractivity contribution in [1.29, 1.82) is 0 Å². The summed E-state index contributed by atoms with van der Waals surface area (Å²) in [5, 5.41) is 1.32. The Morgan fingerprint density at radius 3 is 2.51 bits per heavy atom. The third-order valence-corrected chi connectivity index (χ3v) is 8.14. The van der Waals surface area contributed by atoms with E-state index in [0.29, 0.717) is 30.9 Å². The number of aryl methyl sites for hydroxylation is 1. The van der Waals surface area contributed by atoms with Crippen molar-refractivity contribution in [2.24, 2.45) is 23.2 Å². The van der Waals surface area contributed by atoms with Crippen LogP contribution in [0.15, 0.2) is 18.2 Å². The second kappa shape index (κ2) is 11.1. The van der Waals surface area contributed by atoms with Gasteiger partial charge in [0.2, 0.25) is 5.91 Å². The van der Waals surface area contributed by atoms with Gasteiger partial charge in [0.1, 0.15) is 0 Å². The van der Waals surface area contributed by atoms with Crippen LogP contribution in [0.5, 0.6) is 0 Å². The number of ether oxygens (including phenoxy) is 1. The first kappa shape index (κ1) is 27.5. The molecule has 2 aromatic rings. The van der Waals surface area contributed by atoms with Crippen LogP contribution < -0.4 is 0 Å². The van der Waals surface area contributed by atoms with Crippen LogP contribution in [0.1, 0.15) is 89.6 Å². The molecule has 1 atom stereocenters. The fourth-order valence-corrected chi connectivity index (χ4v) is 6.17. The molecule has 1 aliphatic carbocycles. The van der Waals surface area contributed by atoms with E-state index in [1.807, 2.05) is 7.05 Å². The molecule has 6 nitrogen and oxygen atoms in total. The van der Waals surface area contributed by atoms with Crippen molar-refractivity contribution >= 4 is 22.9 Å². The third-order valence-electron chi connectivity index (χ3n) is 8.14. The summed E-state index contributed by atoms with van der Waals surface area (Å²) in [5.74, 6) is 1.33. The van der Waals surface area contributed by atoms with Gasteiger partial charge in [0.15, 0.2) is 0 Å². The molecule has 0 spiro atoms. The molecular formula is C31H47N3O3. The summed E-state index contributed by atoms with van der Waals surface area (Å²) < 4.78 is 5.47. The number of hydrogen-bond acceptors (Lipinski definition) is 3. The average molecular weight is 510 g/mol. The molecule has 0 radical (unpaired) electrons. The topological polar surface area (TPSA) is 65.6 Å². The van der Waals surface area contributed by atoms with E-state index in [2.05, 4.69) is 69.6 Å². The molecule has 4 rings (SSSR count). The van der Waals surface area contributed by atoms with Crippen molar-refractivity contribution in [2.75, 3.05) is 26.7 Å². The largest absolute Gasteiger partial charge is 0.449 e. The minimum atomic E-state index is -0.248. The van der Waals surface area contributed by atoms with Crippen LogP contribution in [-0.4, -0.2) is 53.5 Å². The number of amides is 2. The van der Waals surface area contributed by atoms with Crippen molar-refractivity contribution in [3.63, 3.8) is 0 Å². The molecule has 2 amide bonds. The second-order valence-electron chi connectivity index (χ2n) is 13.2. The molecule has 1 aliphatic heterocycles. The van der Waals surface area contributed by atoms with E-state index in [9.17, 15) is 9.59 Å². The van der Waals surface area contributed by atoms with Gasteiger partial charge in [-0.1, -0.05) is 52.8 Å². The van der Waals surface area contributed by atoms with Gasteiger partial charge in [0.05, 0.1) is 12.6 Å². The number of hydrogen-bond donors (Lipinski definition) is 1. The van der Waals surface area contributed by atoms with Crippen molar-refractivity contribution in [3.8, 4) is 0 Å². The summed E-state index contributed by atoms with van der Waals surface area (Å²) in [5.41, 5.74) is 5.10. The van der Waals surface area contributed by atoms with E-state index < -0.39 is 0 Å². The number of carbonyl (C=O) groups excluding carboxylic acids is 2. The highest BCUT2D eigenvalue weighted by molar-refractivity contribution is 5.88. The van der Waals surface area contributed by atoms with Crippen LogP contribution in [-0.2, 0) is 16.0 Å². The minimum Gasteiger partial charge on any atom is -0.449 e. The van der Waals surface area contributed by atoms with Crippen LogP contribution >= 0.6 is 0 Å². The lowest BCUT2D eigenvalue weighted by Crippen LogP contribution is -2.45. The Hall–Kier alpha value is -2.50. The first-order chi connectivity index (χ1) is 17.4. The van der Waals surface area contributed by atoms with Gasteiger partial charge in [0, 0.05) is 42.7 Å². The molecule has 2 aliphatic rings. The predicted molar refractivity (Wildman–Crippen MR) is 150 cm³/mol. The molecule has 1 aromatic carbocycles. The maximum absolute atomic E-state index is 13.9. The fourth-order valence-electron chi connectivity index (χ4n) is 6.17. The lowest BCUT2D eigenvalue weighted by molar-refractivity contribution is -0.140. The molecule has 1 N–H and O–H groups in total. The van der Waals surface area contributed by atoms with Crippen LogP contribution in [0, 0.1) is 30.1 Å². The number of benzene rings is 1. The molecule has 1 saturated carbocycles. The summed E-state index contributed by atoms with van der Waals surface area (Å²) >= 11 is 0. The number of H-pyrrole nitrogens is 1. The zero-order valence-electron chi connectivity index (χ0n) is 24.0. The van der Waals surface area contributed by atoms with Crippen LogP contribution in [0.25, 0.3) is 10.9 Å². The highest BCUT2D eigenvalue weighted by Gasteiger charge is 2.38. The minimum absolute atomic E-state index is 0.0384. The predicted octanol–water partition coefficient (Wildman–Crippen LogP) is 6.87. The van der Waals surface area contributed by atoms with Gasteiger partial charge in [-0.3, -0.25) is 4.79 Å². The van der Waals surface area contributed by atoms with Crippen molar-refractivity contribution < 1.29 is 14.3 Å². The number of aromatic amines is 1. The lowest BCUT2D eigenvalue weighted by atomic mass is 9.80. The molecule has 0 saturated heterocycles. The summed E-state index contributed by atoms with van der Waals surface area (Å²) in [4.78, 5) is 33.9. The lowest BCUT2D eigenvalue weighted by Gasteiger charge is -2.40. The van der Waals surface area contributed by atoms with Gasteiger partial charge >= 0.3 is 6.09 Å². The number of rotatable bonds is 6. The van der Waals surface area contributed by atoms with Crippen LogP contribution in [0.2, 0.25) is 0 Å². The molecule has 1 unspecified atom stereocenters. The number of aromatic nitrogens is 1. The van der Waals surface area contributed by atoms with Gasteiger partial charge in [-0.25, -0.2) is 4.79 Å². The quantitative estimate of drug-likeness (QED) is 0.462. The Morgan fingerprint density at radius 2 is 1.86 bits per heavy atom. The molecule has 2 heterocycles. The summed E-state index contributed by atoms with van der Waals surface area (Å²) in [6, 6.07) is 6.63. The first-order valence-corrected chi connectivity index (χ1v) is 14.2. The Morgan fingerprint density at radius 1 is 1.16 bits per heavy atom. The summed E-state index contributed by atoms with van der Waals surface area (Å²) in [6.45, 7) is 14.8. The normalized spacial score (nSPS) is 22.3. The van der Waals surface area contributed by atoms with Gasteiger partial charge < -0.3 is 19.5 Å². The van der Waals surface area contributed by atoms with Gasteiger partial charge in [-0.15, -0.1) is 0 Å². The number of carbonyl (C=O) groups is 2. The van der Waals surface area contributed by atoms with Crippen molar-refractivity contribution in [1.82, 2.24) is 14.8 Å². The monoisotopic (exact) mass is 509 g/mol. The number of nitrogens with zero attached hydrogens (tertiary/aromatic N) is 2. The Bertz CT molecular complexity index is 1100. The van der Waals surface area contributed by atoms with Crippen LogP contribution in [0.3, 0.4) is 0 Å². The standard InChI is InChI=1S/C31H47N3O3/c1-20(2)17-26-28-25(24-10-8-9-21(3)27(24)32-28)15-16-34(26)29(35)23-13-11-22(12-14-23)18-33(7)30(36)37-19-31(4,5)6/h8-10,20,22-23,26,32H,11-19H2,1-7H3. The summed E-state index contributed by atoms with van der Waals surface area (Å²) in [6.07, 6.45) is 5.40. The van der Waals surface area contributed by atoms with Crippen molar-refractivity contribution in [2.45, 2.75) is 86.1 Å². The number of nitrogens with one attached hydrogen (secondary N) is 1. The summed E-state index contributed by atoms with van der Waals surface area (Å²) in [7, 11) is 1.83. The van der Waals surface area contributed by atoms with E-state index >= 15 is 0 Å². The van der Waals surface area contributed by atoms with E-state index in [0.717, 1.165) is 45.1 Å². The molecule has 37 heavy (non-hydrogen) atoms. The molecule has 1 fully saturated rings. The molecule has 0 bridgehead atoms. The molecular weight excluding hydrogens is 462 g/mol. The van der Waals surface area contributed by atoms with Gasteiger partial charge in [-0.2, -0.15) is 0 Å². The Kier molecular flexibility index (Phi) is 8.25. The Balaban J connectivity index is 1.39. The average Bonchev–Trinajstić information content (AvgIpc) is 3.23. The van der Waals surface area contributed by atoms with Crippen molar-refractivity contribution in [3.05, 3.63) is 35.0 Å². The van der Waals surface area contributed by atoms with E-state index in [1.165, 1.54) is 27.7 Å². The zero-order chi connectivity index (χ0) is 26.9. The second-order valence-corrected chi connectivity index (χ2v) is 13.2. The SMILES string of the molecule is Cc1cccc2c3c([nH]c12)C(CC(C)C)N(C(=O)C1CCC(CN(C)C(=O)OCC(C)(C)C)CC1)CC3. The first-order valence-electron chi connectivity index (χ1n) is 14.2. The number of fused-ring (bicyclic) bond motifs is 3. The highest BCUT2D eigenvalue weighted by Crippen LogP contribution is 2.41. The van der Waals surface area contributed by atoms with E-state index in [1.54, 1.807) is 4.90 Å². The van der Waals surface area contributed by atoms with E-state index in [4.69, 9.17) is 4.74 Å². The van der Waals surface area contributed by atoms with E-state index in [-0.39, 0.29) is 23.5 Å². The van der Waals surface area contributed by atoms with Gasteiger partial charge in [0.25, 0.3) is 0 Å². The van der Waals surface area contributed by atoms with Crippen LogP contribution in [0.4, 0.5) is 4.79 Å².